The van der Waals surface area contributed by atoms with Gasteiger partial charge in [-0.15, -0.1) is 0 Å². The van der Waals surface area contributed by atoms with Crippen molar-refractivity contribution in [2.75, 3.05) is 60.0 Å². The molecule has 0 radical (unpaired) electrons. The number of rotatable bonds is 10. The van der Waals surface area contributed by atoms with Crippen molar-refractivity contribution < 1.29 is 22.0 Å². The highest BCUT2D eigenvalue weighted by atomic mass is 32.2. The van der Waals surface area contributed by atoms with Crippen molar-refractivity contribution in [2.24, 2.45) is 0 Å². The molecule has 6 rings (SSSR count). The first-order valence-electron chi connectivity index (χ1n) is 14.8. The average molecular weight is 611 g/mol. The number of hydrogen-bond donors (Lipinski definition) is 2. The zero-order valence-corrected chi connectivity index (χ0v) is 24.8. The lowest BCUT2D eigenvalue weighted by atomic mass is 10.1. The summed E-state index contributed by atoms with van der Waals surface area (Å²) in [7, 11) is -3.54. The van der Waals surface area contributed by atoms with E-state index in [4.69, 9.17) is 0 Å². The van der Waals surface area contributed by atoms with Gasteiger partial charge in [0.25, 0.3) is 0 Å². The Morgan fingerprint density at radius 3 is 2.56 bits per heavy atom. The Hall–Kier alpha value is -3.61. The minimum absolute atomic E-state index is 0.0119. The van der Waals surface area contributed by atoms with Crippen molar-refractivity contribution in [3.8, 4) is 11.1 Å². The molecule has 0 saturated carbocycles. The van der Waals surface area contributed by atoms with Crippen LogP contribution in [0.15, 0.2) is 54.7 Å². The molecule has 1 atom stereocenters. The van der Waals surface area contributed by atoms with Gasteiger partial charge in [-0.1, -0.05) is 12.1 Å². The van der Waals surface area contributed by atoms with E-state index in [9.17, 15) is 22.0 Å². The largest absolute Gasteiger partial charge is 0.359 e. The molecular weight excluding hydrogens is 574 g/mol. The first kappa shape index (κ1) is 29.5. The maximum Gasteiger partial charge on any atom is 0.246 e. The number of pyridine rings is 1. The highest BCUT2D eigenvalue weighted by Crippen LogP contribution is 2.34. The topological polar surface area (TPSA) is 97.9 Å². The summed E-state index contributed by atoms with van der Waals surface area (Å²) >= 11 is 0. The number of hydrogen-bond acceptors (Lipinski definition) is 7. The Morgan fingerprint density at radius 2 is 1.77 bits per heavy atom. The van der Waals surface area contributed by atoms with E-state index >= 15 is 0 Å². The molecule has 4 heterocycles. The Kier molecular flexibility index (Phi) is 8.60. The van der Waals surface area contributed by atoms with E-state index in [-0.39, 0.29) is 30.3 Å². The van der Waals surface area contributed by atoms with E-state index in [0.29, 0.717) is 35.3 Å². The van der Waals surface area contributed by atoms with Crippen LogP contribution in [-0.2, 0) is 21.4 Å². The van der Waals surface area contributed by atoms with E-state index < -0.39 is 21.7 Å². The third-order valence-corrected chi connectivity index (χ3v) is 9.77. The number of benzene rings is 2. The van der Waals surface area contributed by atoms with E-state index in [0.717, 1.165) is 62.8 Å². The minimum atomic E-state index is -3.54. The van der Waals surface area contributed by atoms with Crippen molar-refractivity contribution in [2.45, 2.75) is 38.3 Å². The van der Waals surface area contributed by atoms with Crippen molar-refractivity contribution in [1.82, 2.24) is 14.8 Å². The maximum absolute atomic E-state index is 14.4. The normalized spacial score (nSPS) is 19.4. The molecule has 3 aromatic rings. The molecule has 12 heteroatoms. The number of anilines is 3. The first-order valence-corrected chi connectivity index (χ1v) is 16.4. The quantitative estimate of drug-likeness (QED) is 0.354. The fourth-order valence-electron chi connectivity index (χ4n) is 6.21. The second-order valence-electron chi connectivity index (χ2n) is 11.5. The third kappa shape index (κ3) is 6.97. The van der Waals surface area contributed by atoms with Gasteiger partial charge in [-0.2, -0.15) is 0 Å². The molecular formula is C31H36F2N6O3S. The molecule has 2 saturated heterocycles. The fourth-order valence-corrected chi connectivity index (χ4v) is 7.28. The molecule has 9 nitrogen and oxygen atoms in total. The molecule has 2 aromatic carbocycles. The first-order chi connectivity index (χ1) is 20.7. The number of fused-ring (bicyclic) bond motifs is 1. The Labute approximate surface area is 250 Å². The fraction of sp³-hybridized carbons (Fsp3) is 0.419. The maximum atomic E-state index is 14.4. The van der Waals surface area contributed by atoms with Gasteiger partial charge in [-0.05, 0) is 87.3 Å². The highest BCUT2D eigenvalue weighted by molar-refractivity contribution is 7.92. The standard InChI is InChI=1S/C31H36F2N6O3S/c32-25-7-10-28(33)24(16-25)20-39-29-17-23(18-34-31(29)35-19-30(39)40)22-5-8-26(9-6-22)36-43(41,42)15-14-38-13-3-4-27(38)21-37-11-1-2-12-37/h5-10,16-18,27,36H,1-4,11-15,19-21H2,(H,34,35)/t27-/m0/s1. The van der Waals surface area contributed by atoms with Crippen LogP contribution in [0, 0.1) is 11.6 Å². The average Bonchev–Trinajstić information content (AvgIpc) is 3.68. The highest BCUT2D eigenvalue weighted by Gasteiger charge is 2.29. The number of amides is 1. The lowest BCUT2D eigenvalue weighted by Crippen LogP contribution is -2.41. The number of nitrogens with zero attached hydrogens (tertiary/aromatic N) is 4. The van der Waals surface area contributed by atoms with Crippen LogP contribution in [0.3, 0.4) is 0 Å². The van der Waals surface area contributed by atoms with Crippen LogP contribution in [0.25, 0.3) is 11.1 Å². The zero-order valence-electron chi connectivity index (χ0n) is 23.9. The molecule has 3 aliphatic heterocycles. The number of sulfonamides is 1. The van der Waals surface area contributed by atoms with E-state index in [1.54, 1.807) is 36.5 Å². The van der Waals surface area contributed by atoms with Crippen LogP contribution in [0.5, 0.6) is 0 Å². The van der Waals surface area contributed by atoms with Gasteiger partial charge >= 0.3 is 0 Å². The molecule has 1 amide bonds. The monoisotopic (exact) mass is 610 g/mol. The molecule has 2 N–H and O–H groups in total. The Balaban J connectivity index is 1.11. The van der Waals surface area contributed by atoms with Gasteiger partial charge in [-0.3, -0.25) is 14.4 Å². The number of aromatic nitrogens is 1. The van der Waals surface area contributed by atoms with Crippen molar-refractivity contribution >= 4 is 33.1 Å². The van der Waals surface area contributed by atoms with Crippen molar-refractivity contribution in [3.63, 3.8) is 0 Å². The predicted molar refractivity (Wildman–Crippen MR) is 163 cm³/mol. The second kappa shape index (κ2) is 12.6. The number of carbonyl (C=O) groups is 1. The molecule has 3 aliphatic rings. The number of nitrogens with one attached hydrogen (secondary N) is 2. The van der Waals surface area contributed by atoms with Crippen LogP contribution in [0.2, 0.25) is 0 Å². The summed E-state index contributed by atoms with van der Waals surface area (Å²) in [5.74, 6) is -0.984. The van der Waals surface area contributed by atoms with Gasteiger partial charge < -0.3 is 15.1 Å². The molecule has 43 heavy (non-hydrogen) atoms. The number of carbonyl (C=O) groups excluding carboxylic acids is 1. The van der Waals surface area contributed by atoms with Gasteiger partial charge in [0.2, 0.25) is 15.9 Å². The van der Waals surface area contributed by atoms with Gasteiger partial charge in [0, 0.05) is 42.1 Å². The summed E-state index contributed by atoms with van der Waals surface area (Å²) in [6.07, 6.45) is 6.37. The molecule has 228 valence electrons. The summed E-state index contributed by atoms with van der Waals surface area (Å²) in [5.41, 5.74) is 2.43. The number of halogens is 2. The molecule has 0 aliphatic carbocycles. The SMILES string of the molecule is O=C1CNc2ncc(-c3ccc(NS(=O)(=O)CCN4CCC[C@H]4CN4CCCC4)cc3)cc2N1Cc1cc(F)ccc1F. The molecule has 0 spiro atoms. The van der Waals surface area contributed by atoms with Crippen LogP contribution in [0.4, 0.5) is 26.0 Å². The van der Waals surface area contributed by atoms with E-state index in [1.807, 2.05) is 0 Å². The summed E-state index contributed by atoms with van der Waals surface area (Å²) < 4.78 is 56.7. The zero-order chi connectivity index (χ0) is 30.0. The summed E-state index contributed by atoms with van der Waals surface area (Å²) in [5, 5.41) is 2.97. The Morgan fingerprint density at radius 1 is 0.977 bits per heavy atom. The number of likely N-dealkylation sites (tertiary alicyclic amines) is 2. The van der Waals surface area contributed by atoms with Crippen molar-refractivity contribution in [1.29, 1.82) is 0 Å². The van der Waals surface area contributed by atoms with Gasteiger partial charge in [0.1, 0.15) is 11.6 Å². The third-order valence-electron chi connectivity index (χ3n) is 8.51. The molecule has 1 aromatic heterocycles. The summed E-state index contributed by atoms with van der Waals surface area (Å²) in [6.45, 7) is 4.61. The van der Waals surface area contributed by atoms with Crippen molar-refractivity contribution in [3.05, 3.63) is 71.9 Å². The van der Waals surface area contributed by atoms with Gasteiger partial charge in [0.05, 0.1) is 24.5 Å². The second-order valence-corrected chi connectivity index (χ2v) is 13.3. The molecule has 0 bridgehead atoms. The predicted octanol–water partition coefficient (Wildman–Crippen LogP) is 4.29. The van der Waals surface area contributed by atoms with Crippen LogP contribution in [0.1, 0.15) is 31.2 Å². The van der Waals surface area contributed by atoms with Gasteiger partial charge in [-0.25, -0.2) is 22.2 Å². The van der Waals surface area contributed by atoms with E-state index in [1.165, 1.54) is 17.7 Å². The smallest absolute Gasteiger partial charge is 0.246 e. The summed E-state index contributed by atoms with van der Waals surface area (Å²) in [4.78, 5) is 23.4. The lowest BCUT2D eigenvalue weighted by molar-refractivity contribution is -0.117. The summed E-state index contributed by atoms with van der Waals surface area (Å²) in [6, 6.07) is 12.3. The minimum Gasteiger partial charge on any atom is -0.359 e. The molecule has 0 unspecified atom stereocenters. The van der Waals surface area contributed by atoms with Crippen LogP contribution >= 0.6 is 0 Å². The molecule has 2 fully saturated rings. The van der Waals surface area contributed by atoms with Crippen LogP contribution in [-0.4, -0.2) is 80.2 Å². The van der Waals surface area contributed by atoms with Crippen LogP contribution < -0.4 is 14.9 Å². The van der Waals surface area contributed by atoms with E-state index in [2.05, 4.69) is 24.8 Å². The Bertz CT molecular complexity index is 1580. The lowest BCUT2D eigenvalue weighted by Gasteiger charge is -2.30. The van der Waals surface area contributed by atoms with Gasteiger partial charge in [0.15, 0.2) is 5.82 Å².